The van der Waals surface area contributed by atoms with Crippen LogP contribution in [0.5, 0.6) is 5.75 Å². The quantitative estimate of drug-likeness (QED) is 0.845. The SMILES string of the molecule is Cn1ncc2c1CCCC2NC(=O)/C=C/c1ccccc1OC(F)F. The molecule has 7 heteroatoms. The van der Waals surface area contributed by atoms with Crippen LogP contribution in [0.15, 0.2) is 36.5 Å². The fourth-order valence-electron chi connectivity index (χ4n) is 3.06. The fraction of sp³-hybridized carbons (Fsp3) is 0.333. The summed E-state index contributed by atoms with van der Waals surface area (Å²) >= 11 is 0. The number of rotatable bonds is 5. The average molecular weight is 347 g/mol. The van der Waals surface area contributed by atoms with Crippen LogP contribution in [0.25, 0.3) is 6.08 Å². The lowest BCUT2D eigenvalue weighted by molar-refractivity contribution is -0.117. The maximum atomic E-state index is 12.4. The maximum Gasteiger partial charge on any atom is 0.387 e. The summed E-state index contributed by atoms with van der Waals surface area (Å²) in [6.07, 6.45) is 7.37. The summed E-state index contributed by atoms with van der Waals surface area (Å²) in [5, 5.41) is 7.20. The van der Waals surface area contributed by atoms with E-state index in [9.17, 15) is 13.6 Å². The van der Waals surface area contributed by atoms with Gasteiger partial charge < -0.3 is 10.1 Å². The topological polar surface area (TPSA) is 56.2 Å². The highest BCUT2D eigenvalue weighted by Gasteiger charge is 2.24. The first kappa shape index (κ1) is 17.1. The smallest absolute Gasteiger partial charge is 0.387 e. The third kappa shape index (κ3) is 4.04. The Morgan fingerprint density at radius 1 is 1.44 bits per heavy atom. The number of aryl methyl sites for hydroxylation is 1. The Balaban J connectivity index is 1.69. The van der Waals surface area contributed by atoms with Gasteiger partial charge in [0.25, 0.3) is 0 Å². The van der Waals surface area contributed by atoms with Gasteiger partial charge in [-0.25, -0.2) is 0 Å². The number of carbonyl (C=O) groups excluding carboxylic acids is 1. The second-order valence-corrected chi connectivity index (χ2v) is 5.87. The zero-order valence-electron chi connectivity index (χ0n) is 13.8. The van der Waals surface area contributed by atoms with Crippen molar-refractivity contribution < 1.29 is 18.3 Å². The predicted octanol–water partition coefficient (Wildman–Crippen LogP) is 3.23. The van der Waals surface area contributed by atoms with Crippen molar-refractivity contribution in [3.63, 3.8) is 0 Å². The molecular formula is C18H19F2N3O2. The standard InChI is InChI=1S/C18H19F2N3O2/c1-23-15-7-4-6-14(13(15)11-21-23)22-17(24)10-9-12-5-2-3-8-16(12)25-18(19)20/h2-3,5,8-11,14,18H,4,6-7H2,1H3,(H,22,24)/b10-9+. The van der Waals surface area contributed by atoms with Crippen molar-refractivity contribution >= 4 is 12.0 Å². The maximum absolute atomic E-state index is 12.4. The highest BCUT2D eigenvalue weighted by molar-refractivity contribution is 5.92. The first-order valence-corrected chi connectivity index (χ1v) is 8.08. The van der Waals surface area contributed by atoms with Gasteiger partial charge in [0.1, 0.15) is 5.75 Å². The van der Waals surface area contributed by atoms with E-state index in [1.165, 1.54) is 18.2 Å². The van der Waals surface area contributed by atoms with E-state index in [1.54, 1.807) is 24.4 Å². The summed E-state index contributed by atoms with van der Waals surface area (Å²) in [6, 6.07) is 6.26. The van der Waals surface area contributed by atoms with Crippen LogP contribution in [0.4, 0.5) is 8.78 Å². The minimum Gasteiger partial charge on any atom is -0.434 e. The molecule has 0 saturated carbocycles. The number of ether oxygens (including phenoxy) is 1. The van der Waals surface area contributed by atoms with E-state index >= 15 is 0 Å². The lowest BCUT2D eigenvalue weighted by Crippen LogP contribution is -2.29. The fourth-order valence-corrected chi connectivity index (χ4v) is 3.06. The minimum absolute atomic E-state index is 0.0359. The van der Waals surface area contributed by atoms with Gasteiger partial charge in [0.05, 0.1) is 12.2 Å². The Bertz CT molecular complexity index is 786. The Labute approximate surface area is 144 Å². The van der Waals surface area contributed by atoms with Gasteiger partial charge in [0.15, 0.2) is 0 Å². The van der Waals surface area contributed by atoms with Crippen LogP contribution in [0, 0.1) is 0 Å². The van der Waals surface area contributed by atoms with Crippen LogP contribution >= 0.6 is 0 Å². The lowest BCUT2D eigenvalue weighted by Gasteiger charge is -2.23. The molecule has 2 aromatic rings. The van der Waals surface area contributed by atoms with Crippen molar-refractivity contribution in [1.29, 1.82) is 0 Å². The summed E-state index contributed by atoms with van der Waals surface area (Å²) in [6.45, 7) is -2.91. The van der Waals surface area contributed by atoms with Gasteiger partial charge in [-0.2, -0.15) is 13.9 Å². The number of nitrogens with zero attached hydrogens (tertiary/aromatic N) is 2. The summed E-state index contributed by atoms with van der Waals surface area (Å²) in [7, 11) is 1.89. The molecule has 3 rings (SSSR count). The second-order valence-electron chi connectivity index (χ2n) is 5.87. The average Bonchev–Trinajstić information content (AvgIpc) is 2.96. The molecule has 0 saturated heterocycles. The number of halogens is 2. The van der Waals surface area contributed by atoms with Crippen LogP contribution < -0.4 is 10.1 Å². The molecule has 25 heavy (non-hydrogen) atoms. The van der Waals surface area contributed by atoms with Crippen LogP contribution in [0.1, 0.15) is 35.7 Å². The van der Waals surface area contributed by atoms with E-state index in [-0.39, 0.29) is 17.7 Å². The molecule has 1 unspecified atom stereocenters. The van der Waals surface area contributed by atoms with Gasteiger partial charge in [0, 0.05) is 29.9 Å². The first-order chi connectivity index (χ1) is 12.0. The first-order valence-electron chi connectivity index (χ1n) is 8.08. The summed E-state index contributed by atoms with van der Waals surface area (Å²) in [5.74, 6) is -0.248. The normalized spacial score (nSPS) is 16.9. The molecule has 0 spiro atoms. The number of nitrogens with one attached hydrogen (secondary N) is 1. The number of hydrogen-bond acceptors (Lipinski definition) is 3. The molecule has 1 atom stereocenters. The van der Waals surface area contributed by atoms with Gasteiger partial charge in [-0.05, 0) is 31.4 Å². The van der Waals surface area contributed by atoms with E-state index in [4.69, 9.17) is 0 Å². The molecule has 132 valence electrons. The van der Waals surface area contributed by atoms with Gasteiger partial charge in [-0.15, -0.1) is 0 Å². The number of benzene rings is 1. The number of carbonyl (C=O) groups is 1. The Morgan fingerprint density at radius 3 is 3.04 bits per heavy atom. The molecule has 1 aromatic heterocycles. The van der Waals surface area contributed by atoms with Crippen molar-refractivity contribution in [3.05, 3.63) is 53.4 Å². The van der Waals surface area contributed by atoms with Crippen molar-refractivity contribution in [2.75, 3.05) is 0 Å². The Kier molecular flexibility index (Phi) is 5.11. The number of aromatic nitrogens is 2. The van der Waals surface area contributed by atoms with Gasteiger partial charge in [0.2, 0.25) is 5.91 Å². The van der Waals surface area contributed by atoms with Crippen LogP contribution in [-0.4, -0.2) is 22.3 Å². The highest BCUT2D eigenvalue weighted by atomic mass is 19.3. The molecule has 1 N–H and O–H groups in total. The van der Waals surface area contributed by atoms with Crippen molar-refractivity contribution in [3.8, 4) is 5.75 Å². The van der Waals surface area contributed by atoms with Crippen molar-refractivity contribution in [1.82, 2.24) is 15.1 Å². The Morgan fingerprint density at radius 2 is 2.24 bits per heavy atom. The van der Waals surface area contributed by atoms with E-state index in [1.807, 2.05) is 11.7 Å². The van der Waals surface area contributed by atoms with Crippen LogP contribution in [0.2, 0.25) is 0 Å². The zero-order chi connectivity index (χ0) is 17.8. The molecule has 1 aliphatic rings. The van der Waals surface area contributed by atoms with E-state index in [0.717, 1.165) is 30.5 Å². The number of para-hydroxylation sites is 1. The highest BCUT2D eigenvalue weighted by Crippen LogP contribution is 2.29. The third-order valence-electron chi connectivity index (χ3n) is 4.24. The van der Waals surface area contributed by atoms with Gasteiger partial charge in [-0.3, -0.25) is 9.48 Å². The van der Waals surface area contributed by atoms with E-state index in [0.29, 0.717) is 5.56 Å². The molecule has 1 amide bonds. The second kappa shape index (κ2) is 7.46. The minimum atomic E-state index is -2.91. The van der Waals surface area contributed by atoms with E-state index < -0.39 is 6.61 Å². The molecule has 0 aliphatic heterocycles. The Hall–Kier alpha value is -2.70. The summed E-state index contributed by atoms with van der Waals surface area (Å²) in [5.41, 5.74) is 2.59. The molecule has 1 aromatic carbocycles. The number of amides is 1. The number of alkyl halides is 2. The largest absolute Gasteiger partial charge is 0.434 e. The summed E-state index contributed by atoms with van der Waals surface area (Å²) in [4.78, 5) is 12.2. The molecule has 1 heterocycles. The molecule has 5 nitrogen and oxygen atoms in total. The lowest BCUT2D eigenvalue weighted by atomic mass is 9.93. The van der Waals surface area contributed by atoms with Gasteiger partial charge in [-0.1, -0.05) is 18.2 Å². The monoisotopic (exact) mass is 347 g/mol. The number of fused-ring (bicyclic) bond motifs is 1. The number of hydrogen-bond donors (Lipinski definition) is 1. The third-order valence-corrected chi connectivity index (χ3v) is 4.24. The zero-order valence-corrected chi connectivity index (χ0v) is 13.8. The molecule has 1 aliphatic carbocycles. The van der Waals surface area contributed by atoms with Crippen LogP contribution in [-0.2, 0) is 18.3 Å². The van der Waals surface area contributed by atoms with Gasteiger partial charge >= 0.3 is 6.61 Å². The summed E-state index contributed by atoms with van der Waals surface area (Å²) < 4.78 is 31.1. The van der Waals surface area contributed by atoms with E-state index in [2.05, 4.69) is 15.2 Å². The predicted molar refractivity (Wildman–Crippen MR) is 89.1 cm³/mol. The molecular weight excluding hydrogens is 328 g/mol. The molecule has 0 bridgehead atoms. The molecule has 0 fully saturated rings. The van der Waals surface area contributed by atoms with Crippen molar-refractivity contribution in [2.24, 2.45) is 7.05 Å². The van der Waals surface area contributed by atoms with Crippen LogP contribution in [0.3, 0.4) is 0 Å². The van der Waals surface area contributed by atoms with Crippen molar-refractivity contribution in [2.45, 2.75) is 31.9 Å². The molecule has 0 radical (unpaired) electrons.